The van der Waals surface area contributed by atoms with Gasteiger partial charge in [-0.15, -0.1) is 10.2 Å². The van der Waals surface area contributed by atoms with Crippen molar-refractivity contribution in [3.63, 3.8) is 0 Å². The number of hydrogen-bond donors (Lipinski definition) is 1. The second-order valence-corrected chi connectivity index (χ2v) is 5.94. The Morgan fingerprint density at radius 3 is 2.64 bits per heavy atom. The summed E-state index contributed by atoms with van der Waals surface area (Å²) < 4.78 is 7.24. The normalized spacial score (nSPS) is 16.4. The number of fused-ring (bicyclic) bond motifs is 1. The Kier molecular flexibility index (Phi) is 4.69. The highest BCUT2D eigenvalue weighted by molar-refractivity contribution is 5.84. The van der Waals surface area contributed by atoms with Crippen LogP contribution in [0.4, 0.5) is 0 Å². The first kappa shape index (κ1) is 16.9. The van der Waals surface area contributed by atoms with Gasteiger partial charge in [0.1, 0.15) is 17.6 Å². The number of hydrogen-bond acceptors (Lipinski definition) is 5. The molecule has 0 spiro atoms. The van der Waals surface area contributed by atoms with E-state index in [4.69, 9.17) is 4.74 Å². The summed E-state index contributed by atoms with van der Waals surface area (Å²) in [6.45, 7) is 3.84. The highest BCUT2D eigenvalue weighted by atomic mass is 16.5. The van der Waals surface area contributed by atoms with Crippen molar-refractivity contribution < 1.29 is 19.4 Å². The lowest BCUT2D eigenvalue weighted by Gasteiger charge is -2.33. The maximum absolute atomic E-state index is 12.5. The molecule has 132 valence electrons. The van der Waals surface area contributed by atoms with Crippen molar-refractivity contribution in [3.8, 4) is 5.75 Å². The molecular weight excluding hydrogens is 324 g/mol. The molecule has 1 unspecified atom stereocenters. The number of aryl methyl sites for hydroxylation is 2. The van der Waals surface area contributed by atoms with E-state index in [0.29, 0.717) is 17.4 Å². The number of ether oxygens (including phenoxy) is 1. The fourth-order valence-corrected chi connectivity index (χ4v) is 2.84. The van der Waals surface area contributed by atoms with E-state index in [1.807, 2.05) is 12.1 Å². The average Bonchev–Trinajstić information content (AvgIpc) is 2.99. The zero-order chi connectivity index (χ0) is 18.0. The van der Waals surface area contributed by atoms with Crippen LogP contribution < -0.4 is 4.74 Å². The Bertz CT molecular complexity index is 784. The summed E-state index contributed by atoms with van der Waals surface area (Å²) in [5.74, 6) is 0.350. The van der Waals surface area contributed by atoms with Crippen molar-refractivity contribution >= 4 is 11.9 Å². The van der Waals surface area contributed by atoms with E-state index in [2.05, 4.69) is 17.1 Å². The Hall–Kier alpha value is -2.90. The smallest absolute Gasteiger partial charge is 0.328 e. The van der Waals surface area contributed by atoms with Crippen LogP contribution in [-0.4, -0.2) is 49.3 Å². The van der Waals surface area contributed by atoms with Gasteiger partial charge in [0.25, 0.3) is 5.91 Å². The molecule has 3 rings (SSSR count). The lowest BCUT2D eigenvalue weighted by molar-refractivity contribution is -0.153. The molecule has 2 heterocycles. The van der Waals surface area contributed by atoms with Gasteiger partial charge in [-0.2, -0.15) is 0 Å². The number of carboxylic acid groups (broad SMARTS) is 1. The molecule has 1 atom stereocenters. The number of carbonyl (C=O) groups is 2. The van der Waals surface area contributed by atoms with Gasteiger partial charge in [0.05, 0.1) is 13.1 Å². The highest BCUT2D eigenvalue weighted by Crippen LogP contribution is 2.19. The molecule has 0 bridgehead atoms. The van der Waals surface area contributed by atoms with E-state index in [9.17, 15) is 14.7 Å². The SMILES string of the molecule is CCc1ccc(OCC(=O)N2Cc3nnc(C)n3CC2C(=O)O)cc1. The molecule has 1 aromatic heterocycles. The molecule has 1 N–H and O–H groups in total. The van der Waals surface area contributed by atoms with Gasteiger partial charge in [-0.3, -0.25) is 4.79 Å². The van der Waals surface area contributed by atoms with Crippen LogP contribution in [0.1, 0.15) is 24.1 Å². The first-order chi connectivity index (χ1) is 12.0. The minimum atomic E-state index is -1.06. The summed E-state index contributed by atoms with van der Waals surface area (Å²) in [5.41, 5.74) is 1.18. The van der Waals surface area contributed by atoms with Crippen LogP contribution in [0.25, 0.3) is 0 Å². The highest BCUT2D eigenvalue weighted by Gasteiger charge is 2.36. The number of amides is 1. The molecule has 2 aromatic rings. The predicted octanol–water partition coefficient (Wildman–Crippen LogP) is 1.02. The third kappa shape index (κ3) is 3.47. The first-order valence-corrected chi connectivity index (χ1v) is 8.12. The van der Waals surface area contributed by atoms with Gasteiger partial charge < -0.3 is 19.3 Å². The van der Waals surface area contributed by atoms with E-state index < -0.39 is 12.0 Å². The predicted molar refractivity (Wildman–Crippen MR) is 88.0 cm³/mol. The van der Waals surface area contributed by atoms with E-state index in [1.54, 1.807) is 23.6 Å². The van der Waals surface area contributed by atoms with E-state index in [1.165, 1.54) is 10.5 Å². The summed E-state index contributed by atoms with van der Waals surface area (Å²) in [5, 5.41) is 17.4. The molecule has 1 aliphatic heterocycles. The molecule has 0 saturated carbocycles. The third-order valence-electron chi connectivity index (χ3n) is 4.36. The van der Waals surface area contributed by atoms with E-state index >= 15 is 0 Å². The van der Waals surface area contributed by atoms with Crippen LogP contribution in [0.2, 0.25) is 0 Å². The van der Waals surface area contributed by atoms with Crippen molar-refractivity contribution in [2.24, 2.45) is 0 Å². The average molecular weight is 344 g/mol. The molecule has 0 aliphatic carbocycles. The standard InChI is InChI=1S/C17H20N4O4/c1-3-12-4-6-13(7-5-12)25-10-16(22)21-9-15-19-18-11(2)20(15)8-14(21)17(23)24/h4-7,14H,3,8-10H2,1-2H3,(H,23,24). The second-order valence-electron chi connectivity index (χ2n) is 5.94. The summed E-state index contributed by atoms with van der Waals surface area (Å²) in [4.78, 5) is 25.4. The number of aromatic nitrogens is 3. The Morgan fingerprint density at radius 2 is 2.00 bits per heavy atom. The van der Waals surface area contributed by atoms with Gasteiger partial charge in [0, 0.05) is 0 Å². The molecule has 0 fully saturated rings. The summed E-state index contributed by atoms with van der Waals surface area (Å²) in [6.07, 6.45) is 0.924. The summed E-state index contributed by atoms with van der Waals surface area (Å²) >= 11 is 0. The Labute approximate surface area is 145 Å². The van der Waals surface area contributed by atoms with Gasteiger partial charge in [0.2, 0.25) is 0 Å². The number of rotatable bonds is 5. The van der Waals surface area contributed by atoms with Gasteiger partial charge in [-0.05, 0) is 31.0 Å². The molecule has 25 heavy (non-hydrogen) atoms. The molecular formula is C17H20N4O4. The molecule has 1 amide bonds. The minimum absolute atomic E-state index is 0.106. The molecule has 0 saturated heterocycles. The largest absolute Gasteiger partial charge is 0.484 e. The monoisotopic (exact) mass is 344 g/mol. The number of aliphatic carboxylic acids is 1. The topological polar surface area (TPSA) is 97.5 Å². The van der Waals surface area contributed by atoms with Crippen LogP contribution in [0, 0.1) is 6.92 Å². The third-order valence-corrected chi connectivity index (χ3v) is 4.36. The molecule has 8 nitrogen and oxygen atoms in total. The van der Waals surface area contributed by atoms with Crippen molar-refractivity contribution in [2.75, 3.05) is 6.61 Å². The molecule has 1 aromatic carbocycles. The van der Waals surface area contributed by atoms with Crippen LogP contribution >= 0.6 is 0 Å². The van der Waals surface area contributed by atoms with Crippen molar-refractivity contribution in [2.45, 2.75) is 39.4 Å². The van der Waals surface area contributed by atoms with Crippen LogP contribution in [0.5, 0.6) is 5.75 Å². The number of carbonyl (C=O) groups excluding carboxylic acids is 1. The molecule has 1 aliphatic rings. The Balaban J connectivity index is 1.70. The fourth-order valence-electron chi connectivity index (χ4n) is 2.84. The van der Waals surface area contributed by atoms with Gasteiger partial charge in [-0.1, -0.05) is 19.1 Å². The quantitative estimate of drug-likeness (QED) is 0.870. The van der Waals surface area contributed by atoms with Crippen LogP contribution in [0.3, 0.4) is 0 Å². The number of benzene rings is 1. The second kappa shape index (κ2) is 6.92. The van der Waals surface area contributed by atoms with Crippen LogP contribution in [-0.2, 0) is 29.1 Å². The maximum atomic E-state index is 12.5. The lowest BCUT2D eigenvalue weighted by atomic mass is 10.2. The zero-order valence-corrected chi connectivity index (χ0v) is 14.2. The zero-order valence-electron chi connectivity index (χ0n) is 14.2. The lowest BCUT2D eigenvalue weighted by Crippen LogP contribution is -2.52. The molecule has 8 heteroatoms. The minimum Gasteiger partial charge on any atom is -0.484 e. The van der Waals surface area contributed by atoms with Gasteiger partial charge in [-0.25, -0.2) is 4.79 Å². The summed E-state index contributed by atoms with van der Waals surface area (Å²) in [6, 6.07) is 6.52. The Morgan fingerprint density at radius 1 is 1.28 bits per heavy atom. The van der Waals surface area contributed by atoms with Crippen molar-refractivity contribution in [3.05, 3.63) is 41.5 Å². The molecule has 0 radical (unpaired) electrons. The van der Waals surface area contributed by atoms with E-state index in [-0.39, 0.29) is 25.6 Å². The summed E-state index contributed by atoms with van der Waals surface area (Å²) in [7, 11) is 0. The number of nitrogens with zero attached hydrogens (tertiary/aromatic N) is 4. The van der Waals surface area contributed by atoms with Crippen LogP contribution in [0.15, 0.2) is 24.3 Å². The van der Waals surface area contributed by atoms with Crippen molar-refractivity contribution in [1.82, 2.24) is 19.7 Å². The van der Waals surface area contributed by atoms with Gasteiger partial charge in [0.15, 0.2) is 12.4 Å². The fraction of sp³-hybridized carbons (Fsp3) is 0.412. The van der Waals surface area contributed by atoms with E-state index in [0.717, 1.165) is 6.42 Å². The number of carboxylic acids is 1. The van der Waals surface area contributed by atoms with Gasteiger partial charge >= 0.3 is 5.97 Å². The maximum Gasteiger partial charge on any atom is 0.328 e. The van der Waals surface area contributed by atoms with Crippen molar-refractivity contribution in [1.29, 1.82) is 0 Å². The first-order valence-electron chi connectivity index (χ1n) is 8.12.